The van der Waals surface area contributed by atoms with Gasteiger partial charge in [0.1, 0.15) is 11.5 Å². The molecule has 3 N–H and O–H groups in total. The molecule has 0 atom stereocenters. The summed E-state index contributed by atoms with van der Waals surface area (Å²) in [5, 5.41) is 2.71. The van der Waals surface area contributed by atoms with Gasteiger partial charge in [0.25, 0.3) is 5.91 Å². The molecule has 0 radical (unpaired) electrons. The number of nitrogens with two attached hydrogens (primary N) is 1. The lowest BCUT2D eigenvalue weighted by molar-refractivity contribution is 0.0947. The number of benzene rings is 1. The Bertz CT molecular complexity index is 602. The second-order valence-electron chi connectivity index (χ2n) is 3.98. The molecule has 0 aliphatic rings. The first-order chi connectivity index (χ1) is 9.08. The summed E-state index contributed by atoms with van der Waals surface area (Å²) in [4.78, 5) is 26.7. The van der Waals surface area contributed by atoms with Crippen molar-refractivity contribution in [3.05, 3.63) is 53.2 Å². The molecule has 98 valence electrons. The molecule has 6 nitrogen and oxygen atoms in total. The van der Waals surface area contributed by atoms with Gasteiger partial charge in [-0.2, -0.15) is 0 Å². The maximum absolute atomic E-state index is 11.8. The quantitative estimate of drug-likeness (QED) is 0.856. The molecule has 2 rings (SSSR count). The lowest BCUT2D eigenvalue weighted by Gasteiger charge is -2.04. The van der Waals surface area contributed by atoms with E-state index in [1.54, 1.807) is 19.1 Å². The highest BCUT2D eigenvalue weighted by Gasteiger charge is 2.09. The van der Waals surface area contributed by atoms with Gasteiger partial charge < -0.3 is 15.5 Å². The Kier molecular flexibility index (Phi) is 3.61. The van der Waals surface area contributed by atoms with E-state index in [0.29, 0.717) is 29.1 Å². The topological polar surface area (TPSA) is 98.2 Å². The van der Waals surface area contributed by atoms with Crippen LogP contribution in [0.5, 0.6) is 0 Å². The number of amides is 2. The van der Waals surface area contributed by atoms with Gasteiger partial charge in [-0.15, -0.1) is 0 Å². The minimum absolute atomic E-state index is 0.251. The number of hydrogen-bond donors (Lipinski definition) is 2. The maximum Gasteiger partial charge on any atom is 0.251 e. The monoisotopic (exact) mass is 259 g/mol. The molecule has 0 unspecified atom stereocenters. The minimum Gasteiger partial charge on any atom is -0.448 e. The Labute approximate surface area is 109 Å². The van der Waals surface area contributed by atoms with Crippen LogP contribution in [0.15, 0.2) is 35.1 Å². The van der Waals surface area contributed by atoms with Crippen LogP contribution in [0, 0.1) is 6.92 Å². The average molecular weight is 259 g/mol. The summed E-state index contributed by atoms with van der Waals surface area (Å²) in [5.74, 6) is -0.104. The second kappa shape index (κ2) is 5.34. The van der Waals surface area contributed by atoms with Crippen LogP contribution < -0.4 is 11.1 Å². The molecule has 0 spiro atoms. The van der Waals surface area contributed by atoms with Crippen LogP contribution in [0.2, 0.25) is 0 Å². The molecular weight excluding hydrogens is 246 g/mol. The molecule has 0 saturated heterocycles. The van der Waals surface area contributed by atoms with Crippen molar-refractivity contribution < 1.29 is 14.0 Å². The molecule has 0 aliphatic carbocycles. The smallest absolute Gasteiger partial charge is 0.251 e. The van der Waals surface area contributed by atoms with Crippen molar-refractivity contribution in [1.82, 2.24) is 10.3 Å². The van der Waals surface area contributed by atoms with Crippen molar-refractivity contribution in [3.63, 3.8) is 0 Å². The third kappa shape index (κ3) is 2.98. The number of rotatable bonds is 4. The van der Waals surface area contributed by atoms with E-state index < -0.39 is 5.91 Å². The van der Waals surface area contributed by atoms with E-state index in [1.165, 1.54) is 18.5 Å². The highest BCUT2D eigenvalue weighted by Crippen LogP contribution is 2.06. The zero-order chi connectivity index (χ0) is 13.8. The fourth-order valence-electron chi connectivity index (χ4n) is 1.55. The molecule has 19 heavy (non-hydrogen) atoms. The van der Waals surface area contributed by atoms with Gasteiger partial charge >= 0.3 is 0 Å². The molecule has 0 aliphatic heterocycles. The number of oxazole rings is 1. The average Bonchev–Trinajstić information content (AvgIpc) is 2.81. The van der Waals surface area contributed by atoms with E-state index in [9.17, 15) is 9.59 Å². The molecule has 1 aromatic carbocycles. The first-order valence-corrected chi connectivity index (χ1v) is 5.65. The lowest BCUT2D eigenvalue weighted by atomic mass is 10.1. The van der Waals surface area contributed by atoms with E-state index in [1.807, 2.05) is 0 Å². The van der Waals surface area contributed by atoms with Gasteiger partial charge in [-0.1, -0.05) is 0 Å². The molecule has 1 heterocycles. The van der Waals surface area contributed by atoms with Crippen molar-refractivity contribution in [3.8, 4) is 0 Å². The van der Waals surface area contributed by atoms with Crippen molar-refractivity contribution in [1.29, 1.82) is 0 Å². The SMILES string of the molecule is Cc1ocnc1CNC(=O)c1ccc(C(N)=O)cc1. The number of aryl methyl sites for hydroxylation is 1. The molecule has 0 saturated carbocycles. The van der Waals surface area contributed by atoms with E-state index in [2.05, 4.69) is 10.3 Å². The van der Waals surface area contributed by atoms with Gasteiger partial charge in [-0.3, -0.25) is 9.59 Å². The highest BCUT2D eigenvalue weighted by molar-refractivity contribution is 5.97. The summed E-state index contributed by atoms with van der Waals surface area (Å²) >= 11 is 0. The summed E-state index contributed by atoms with van der Waals surface area (Å²) in [6, 6.07) is 6.12. The Balaban J connectivity index is 2.00. The standard InChI is InChI=1S/C13H13N3O3/c1-8-11(16-7-19-8)6-15-13(18)10-4-2-9(3-5-10)12(14)17/h2-5,7H,6H2,1H3,(H2,14,17)(H,15,18). The molecule has 6 heteroatoms. The van der Waals surface area contributed by atoms with E-state index in [4.69, 9.17) is 10.2 Å². The number of carbonyl (C=O) groups is 2. The zero-order valence-corrected chi connectivity index (χ0v) is 10.3. The van der Waals surface area contributed by atoms with Crippen LogP contribution in [0.1, 0.15) is 32.2 Å². The van der Waals surface area contributed by atoms with Crippen LogP contribution in [0.25, 0.3) is 0 Å². The van der Waals surface area contributed by atoms with Gasteiger partial charge in [-0.05, 0) is 31.2 Å². The minimum atomic E-state index is -0.523. The lowest BCUT2D eigenvalue weighted by Crippen LogP contribution is -2.23. The number of carbonyl (C=O) groups excluding carboxylic acids is 2. The van der Waals surface area contributed by atoms with Crippen molar-refractivity contribution >= 4 is 11.8 Å². The third-order valence-corrected chi connectivity index (χ3v) is 2.69. The third-order valence-electron chi connectivity index (χ3n) is 2.69. The zero-order valence-electron chi connectivity index (χ0n) is 10.3. The Morgan fingerprint density at radius 3 is 2.42 bits per heavy atom. The van der Waals surface area contributed by atoms with Gasteiger partial charge in [0.05, 0.1) is 6.54 Å². The largest absolute Gasteiger partial charge is 0.448 e. The van der Waals surface area contributed by atoms with E-state index in [0.717, 1.165) is 0 Å². The Morgan fingerprint density at radius 1 is 1.26 bits per heavy atom. The van der Waals surface area contributed by atoms with E-state index in [-0.39, 0.29) is 5.91 Å². The summed E-state index contributed by atoms with van der Waals surface area (Å²) in [6.45, 7) is 2.06. The number of aromatic nitrogens is 1. The highest BCUT2D eigenvalue weighted by atomic mass is 16.3. The molecule has 2 amide bonds. The van der Waals surface area contributed by atoms with Crippen LogP contribution >= 0.6 is 0 Å². The number of nitrogens with one attached hydrogen (secondary N) is 1. The first-order valence-electron chi connectivity index (χ1n) is 5.65. The van der Waals surface area contributed by atoms with Gasteiger partial charge in [0.15, 0.2) is 6.39 Å². The predicted molar refractivity (Wildman–Crippen MR) is 67.4 cm³/mol. The predicted octanol–water partition coefficient (Wildman–Crippen LogP) is 1.01. The fraction of sp³-hybridized carbons (Fsp3) is 0.154. The summed E-state index contributed by atoms with van der Waals surface area (Å²) in [7, 11) is 0. The van der Waals surface area contributed by atoms with Crippen LogP contribution in [0.3, 0.4) is 0 Å². The number of hydrogen-bond acceptors (Lipinski definition) is 4. The van der Waals surface area contributed by atoms with Crippen LogP contribution in [-0.4, -0.2) is 16.8 Å². The molecule has 0 fully saturated rings. The van der Waals surface area contributed by atoms with Crippen molar-refractivity contribution in [2.75, 3.05) is 0 Å². The van der Waals surface area contributed by atoms with Gasteiger partial charge in [0.2, 0.25) is 5.91 Å². The molecule has 1 aromatic heterocycles. The number of primary amides is 1. The number of nitrogens with zero attached hydrogens (tertiary/aromatic N) is 1. The normalized spacial score (nSPS) is 10.2. The molecule has 2 aromatic rings. The van der Waals surface area contributed by atoms with Gasteiger partial charge in [0, 0.05) is 11.1 Å². The van der Waals surface area contributed by atoms with Gasteiger partial charge in [-0.25, -0.2) is 4.98 Å². The fourth-order valence-corrected chi connectivity index (χ4v) is 1.55. The Hall–Kier alpha value is -2.63. The molecular formula is C13H13N3O3. The van der Waals surface area contributed by atoms with Crippen molar-refractivity contribution in [2.45, 2.75) is 13.5 Å². The van der Waals surface area contributed by atoms with E-state index >= 15 is 0 Å². The van der Waals surface area contributed by atoms with Crippen molar-refractivity contribution in [2.24, 2.45) is 5.73 Å². The first kappa shape index (κ1) is 12.8. The summed E-state index contributed by atoms with van der Waals surface area (Å²) in [6.07, 6.45) is 1.33. The summed E-state index contributed by atoms with van der Waals surface area (Å²) in [5.41, 5.74) is 6.62. The van der Waals surface area contributed by atoms with Crippen LogP contribution in [-0.2, 0) is 6.54 Å². The maximum atomic E-state index is 11.8. The molecule has 0 bridgehead atoms. The summed E-state index contributed by atoms with van der Waals surface area (Å²) < 4.78 is 5.03. The van der Waals surface area contributed by atoms with Crippen LogP contribution in [0.4, 0.5) is 0 Å². The second-order valence-corrected chi connectivity index (χ2v) is 3.98. The Morgan fingerprint density at radius 2 is 1.89 bits per heavy atom.